The number of ether oxygens (including phenoxy) is 5. The van der Waals surface area contributed by atoms with E-state index in [1.165, 1.54) is 28.0 Å². The number of halogens is 4. The van der Waals surface area contributed by atoms with E-state index in [9.17, 15) is 27.2 Å². The second-order valence-electron chi connectivity index (χ2n) is 12.0. The standard InChI is InChI=1S/C38H36F4N2O7/c1-4-47-32-15-8-6-13-29(32)36(43(34(45)23-49-36)21-26-11-10-12-28(20-26)51-38(40,41)42)37(30-14-7-9-16-33(30)48-5-2)44(35(46)24-50-37)22-27-17-18-31(39)25(3)19-27/h6-20H,4-5,21-24H2,1-3H3. The summed E-state index contributed by atoms with van der Waals surface area (Å²) in [6.07, 6.45) is -4.95. The molecule has 0 aliphatic carbocycles. The molecule has 2 unspecified atom stereocenters. The van der Waals surface area contributed by atoms with Crippen molar-refractivity contribution in [2.75, 3.05) is 26.4 Å². The summed E-state index contributed by atoms with van der Waals surface area (Å²) in [5, 5.41) is 0. The van der Waals surface area contributed by atoms with Gasteiger partial charge in [-0.3, -0.25) is 19.4 Å². The predicted molar refractivity (Wildman–Crippen MR) is 176 cm³/mol. The highest BCUT2D eigenvalue weighted by Gasteiger charge is 2.71. The first kappa shape index (κ1) is 35.7. The highest BCUT2D eigenvalue weighted by atomic mass is 19.4. The largest absolute Gasteiger partial charge is 0.573 e. The fraction of sp³-hybridized carbons (Fsp3) is 0.316. The molecule has 2 saturated heterocycles. The third-order valence-corrected chi connectivity index (χ3v) is 8.77. The molecule has 0 bridgehead atoms. The van der Waals surface area contributed by atoms with Gasteiger partial charge in [-0.05, 0) is 67.8 Å². The van der Waals surface area contributed by atoms with E-state index in [4.69, 9.17) is 18.9 Å². The smallest absolute Gasteiger partial charge is 0.493 e. The first-order valence-electron chi connectivity index (χ1n) is 16.4. The van der Waals surface area contributed by atoms with Crippen molar-refractivity contribution < 1.29 is 50.8 Å². The Balaban J connectivity index is 1.66. The molecule has 6 rings (SSSR count). The summed E-state index contributed by atoms with van der Waals surface area (Å²) in [6, 6.07) is 23.5. The van der Waals surface area contributed by atoms with Gasteiger partial charge in [0.25, 0.3) is 11.8 Å². The number of amides is 2. The number of para-hydroxylation sites is 2. The third-order valence-electron chi connectivity index (χ3n) is 8.77. The summed E-state index contributed by atoms with van der Waals surface area (Å²) in [7, 11) is 0. The third kappa shape index (κ3) is 6.59. The van der Waals surface area contributed by atoms with Crippen molar-refractivity contribution in [1.29, 1.82) is 0 Å². The average molecular weight is 709 g/mol. The minimum absolute atomic E-state index is 0.112. The Hall–Kier alpha value is -5.14. The van der Waals surface area contributed by atoms with Crippen molar-refractivity contribution in [2.24, 2.45) is 0 Å². The van der Waals surface area contributed by atoms with E-state index >= 15 is 0 Å². The molecule has 2 aliphatic heterocycles. The zero-order chi connectivity index (χ0) is 36.4. The van der Waals surface area contributed by atoms with Gasteiger partial charge in [-0.15, -0.1) is 13.2 Å². The van der Waals surface area contributed by atoms with Gasteiger partial charge < -0.3 is 23.7 Å². The Morgan fingerprint density at radius 2 is 1.22 bits per heavy atom. The van der Waals surface area contributed by atoms with Gasteiger partial charge in [-0.25, -0.2) is 4.39 Å². The summed E-state index contributed by atoms with van der Waals surface area (Å²) in [4.78, 5) is 31.3. The van der Waals surface area contributed by atoms with Gasteiger partial charge in [-0.1, -0.05) is 60.7 Å². The Morgan fingerprint density at radius 1 is 0.706 bits per heavy atom. The summed E-state index contributed by atoms with van der Waals surface area (Å²) in [5.41, 5.74) is -2.22. The van der Waals surface area contributed by atoms with E-state index < -0.39 is 54.4 Å². The van der Waals surface area contributed by atoms with Crippen LogP contribution in [0.5, 0.6) is 17.2 Å². The van der Waals surface area contributed by atoms with E-state index in [-0.39, 0.29) is 31.9 Å². The van der Waals surface area contributed by atoms with Crippen LogP contribution in [0.4, 0.5) is 17.6 Å². The van der Waals surface area contributed by atoms with Gasteiger partial charge in [0.2, 0.25) is 11.4 Å². The van der Waals surface area contributed by atoms with Crippen molar-refractivity contribution >= 4 is 11.8 Å². The lowest BCUT2D eigenvalue weighted by molar-refractivity contribution is -0.286. The van der Waals surface area contributed by atoms with Crippen LogP contribution in [0.15, 0.2) is 91.0 Å². The summed E-state index contributed by atoms with van der Waals surface area (Å²) >= 11 is 0. The molecule has 13 heteroatoms. The van der Waals surface area contributed by atoms with Crippen LogP contribution >= 0.6 is 0 Å². The number of carbonyl (C=O) groups excluding carboxylic acids is 2. The summed E-state index contributed by atoms with van der Waals surface area (Å²) in [5.74, 6) is -1.29. The fourth-order valence-corrected chi connectivity index (χ4v) is 6.83. The molecule has 51 heavy (non-hydrogen) atoms. The molecule has 2 atom stereocenters. The molecular formula is C38H36F4N2O7. The zero-order valence-electron chi connectivity index (χ0n) is 28.2. The normalized spacial score (nSPS) is 20.6. The lowest BCUT2D eigenvalue weighted by Crippen LogP contribution is -2.65. The molecule has 0 spiro atoms. The van der Waals surface area contributed by atoms with E-state index in [1.54, 1.807) is 87.5 Å². The summed E-state index contributed by atoms with van der Waals surface area (Å²) in [6.45, 7) is 4.30. The van der Waals surface area contributed by atoms with E-state index in [0.717, 1.165) is 6.07 Å². The number of rotatable bonds is 12. The van der Waals surface area contributed by atoms with Gasteiger partial charge in [0.1, 0.15) is 36.3 Å². The van der Waals surface area contributed by atoms with Crippen molar-refractivity contribution in [3.8, 4) is 17.2 Å². The van der Waals surface area contributed by atoms with Crippen LogP contribution in [0.25, 0.3) is 0 Å². The molecule has 268 valence electrons. The number of benzene rings is 4. The van der Waals surface area contributed by atoms with Crippen LogP contribution in [0.2, 0.25) is 0 Å². The second-order valence-corrected chi connectivity index (χ2v) is 12.0. The number of nitrogens with zero attached hydrogens (tertiary/aromatic N) is 2. The van der Waals surface area contributed by atoms with E-state index in [0.29, 0.717) is 33.8 Å². The minimum atomic E-state index is -4.95. The molecule has 0 radical (unpaired) electrons. The molecule has 4 aromatic rings. The minimum Gasteiger partial charge on any atom is -0.493 e. The average Bonchev–Trinajstić information content (AvgIpc) is 3.60. The van der Waals surface area contributed by atoms with Gasteiger partial charge in [-0.2, -0.15) is 0 Å². The molecule has 4 aromatic carbocycles. The van der Waals surface area contributed by atoms with Crippen LogP contribution in [-0.2, 0) is 43.6 Å². The highest BCUT2D eigenvalue weighted by molar-refractivity contribution is 5.84. The van der Waals surface area contributed by atoms with Gasteiger partial charge in [0.05, 0.1) is 24.3 Å². The molecule has 0 aromatic heterocycles. The lowest BCUT2D eigenvalue weighted by atomic mass is 9.81. The Labute approximate surface area is 292 Å². The zero-order valence-corrected chi connectivity index (χ0v) is 28.2. The molecule has 2 amide bonds. The monoisotopic (exact) mass is 708 g/mol. The van der Waals surface area contributed by atoms with Crippen molar-refractivity contribution in [1.82, 2.24) is 9.80 Å². The molecule has 9 nitrogen and oxygen atoms in total. The molecular weight excluding hydrogens is 672 g/mol. The van der Waals surface area contributed by atoms with Crippen LogP contribution in [0.3, 0.4) is 0 Å². The highest BCUT2D eigenvalue weighted by Crippen LogP contribution is 2.59. The topological polar surface area (TPSA) is 86.8 Å². The molecule has 2 heterocycles. The first-order valence-corrected chi connectivity index (χ1v) is 16.4. The number of carbonyl (C=O) groups is 2. The number of hydrogen-bond acceptors (Lipinski definition) is 7. The van der Waals surface area contributed by atoms with Gasteiger partial charge >= 0.3 is 6.36 Å². The van der Waals surface area contributed by atoms with E-state index in [1.807, 2.05) is 0 Å². The number of alkyl halides is 3. The maximum absolute atomic E-state index is 14.4. The van der Waals surface area contributed by atoms with Crippen LogP contribution in [-0.4, -0.2) is 54.4 Å². The molecule has 0 N–H and O–H groups in total. The number of hydrogen-bond donors (Lipinski definition) is 0. The lowest BCUT2D eigenvalue weighted by Gasteiger charge is -2.52. The number of aryl methyl sites for hydroxylation is 1. The van der Waals surface area contributed by atoms with Crippen LogP contribution in [0.1, 0.15) is 41.7 Å². The maximum Gasteiger partial charge on any atom is 0.573 e. The SMILES string of the molecule is CCOc1ccccc1C1(C2(c3ccccc3OCC)OCC(=O)N2Cc2ccc(F)c(C)c2)OCC(=O)N1Cc1cccc(OC(F)(F)F)c1. The van der Waals surface area contributed by atoms with E-state index in [2.05, 4.69) is 4.74 Å². The van der Waals surface area contributed by atoms with Crippen LogP contribution in [0, 0.1) is 12.7 Å². The second kappa shape index (κ2) is 14.2. The van der Waals surface area contributed by atoms with Crippen molar-refractivity contribution in [3.05, 3.63) is 125 Å². The predicted octanol–water partition coefficient (Wildman–Crippen LogP) is 6.95. The van der Waals surface area contributed by atoms with Gasteiger partial charge in [0, 0.05) is 13.1 Å². The Bertz CT molecular complexity index is 1920. The van der Waals surface area contributed by atoms with Crippen molar-refractivity contribution in [3.63, 3.8) is 0 Å². The summed E-state index contributed by atoms with van der Waals surface area (Å²) < 4.78 is 84.0. The first-order chi connectivity index (χ1) is 24.4. The molecule has 0 saturated carbocycles. The Morgan fingerprint density at radius 3 is 1.71 bits per heavy atom. The van der Waals surface area contributed by atoms with Crippen molar-refractivity contribution in [2.45, 2.75) is 51.7 Å². The Kier molecular flexibility index (Phi) is 9.96. The molecule has 2 aliphatic rings. The molecule has 2 fully saturated rings. The maximum atomic E-state index is 14.4. The van der Waals surface area contributed by atoms with Crippen LogP contribution < -0.4 is 14.2 Å². The quantitative estimate of drug-likeness (QED) is 0.147. The fourth-order valence-electron chi connectivity index (χ4n) is 6.83. The van der Waals surface area contributed by atoms with Gasteiger partial charge in [0.15, 0.2) is 0 Å².